The van der Waals surface area contributed by atoms with E-state index in [0.29, 0.717) is 28.7 Å². The number of phenolic OH excluding ortho intramolecular Hbond substituents is 2. The molecule has 0 amide bonds. The molecule has 0 aliphatic heterocycles. The van der Waals surface area contributed by atoms with Gasteiger partial charge in [0, 0.05) is 6.42 Å². The fourth-order valence-corrected chi connectivity index (χ4v) is 4.05. The first-order chi connectivity index (χ1) is 13.5. The Morgan fingerprint density at radius 3 is 1.69 bits per heavy atom. The number of aliphatic hydroxyl groups is 3. The summed E-state index contributed by atoms with van der Waals surface area (Å²) in [4.78, 5) is 0. The molecule has 0 heterocycles. The Bertz CT molecular complexity index is 972. The highest BCUT2D eigenvalue weighted by Crippen LogP contribution is 2.35. The molecule has 5 nitrogen and oxygen atoms in total. The Hall–Kier alpha value is -2.76. The molecular weight excluding hydrogens is 368 g/mol. The minimum Gasteiger partial charge on any atom is -0.509 e. The van der Waals surface area contributed by atoms with E-state index in [4.69, 9.17) is 0 Å². The standard InChI is InChI=1S/C24H28O5/c1-13-7-17(8-14(2)21(13)26)11-19-5-6-20(25)24(29,23(19)28)12-18-9-15(3)22(27)16(4)10-18/h5-10,23,25-29H,11-12H2,1-4H3. The maximum Gasteiger partial charge on any atom is 0.155 e. The van der Waals surface area contributed by atoms with Crippen molar-refractivity contribution in [2.45, 2.75) is 52.2 Å². The van der Waals surface area contributed by atoms with Crippen LogP contribution in [0, 0.1) is 27.7 Å². The number of hydrogen-bond donors (Lipinski definition) is 5. The summed E-state index contributed by atoms with van der Waals surface area (Å²) < 4.78 is 0. The maximum absolute atomic E-state index is 11.2. The highest BCUT2D eigenvalue weighted by Gasteiger charge is 2.43. The molecule has 3 rings (SSSR count). The molecule has 2 atom stereocenters. The lowest BCUT2D eigenvalue weighted by molar-refractivity contribution is -0.0571. The quantitative estimate of drug-likeness (QED) is 0.544. The molecule has 0 bridgehead atoms. The van der Waals surface area contributed by atoms with E-state index in [0.717, 1.165) is 16.7 Å². The third-order valence-electron chi connectivity index (χ3n) is 5.69. The van der Waals surface area contributed by atoms with Crippen molar-refractivity contribution in [1.82, 2.24) is 0 Å². The number of benzene rings is 2. The van der Waals surface area contributed by atoms with E-state index in [1.54, 1.807) is 32.1 Å². The topological polar surface area (TPSA) is 101 Å². The van der Waals surface area contributed by atoms with Gasteiger partial charge in [-0.3, -0.25) is 0 Å². The van der Waals surface area contributed by atoms with Crippen LogP contribution in [0.4, 0.5) is 0 Å². The zero-order valence-corrected chi connectivity index (χ0v) is 17.2. The monoisotopic (exact) mass is 396 g/mol. The lowest BCUT2D eigenvalue weighted by Gasteiger charge is -2.36. The summed E-state index contributed by atoms with van der Waals surface area (Å²) in [5.74, 6) is 0.151. The van der Waals surface area contributed by atoms with Gasteiger partial charge >= 0.3 is 0 Å². The van der Waals surface area contributed by atoms with Gasteiger partial charge in [0.1, 0.15) is 23.4 Å². The molecular formula is C24H28O5. The van der Waals surface area contributed by atoms with E-state index < -0.39 is 11.7 Å². The van der Waals surface area contributed by atoms with Crippen molar-refractivity contribution in [2.24, 2.45) is 0 Å². The fourth-order valence-electron chi connectivity index (χ4n) is 4.05. The molecule has 0 spiro atoms. The van der Waals surface area contributed by atoms with Gasteiger partial charge in [-0.25, -0.2) is 0 Å². The first-order valence-corrected chi connectivity index (χ1v) is 9.61. The van der Waals surface area contributed by atoms with Crippen molar-refractivity contribution in [3.63, 3.8) is 0 Å². The molecule has 154 valence electrons. The first-order valence-electron chi connectivity index (χ1n) is 9.61. The number of aromatic hydroxyl groups is 2. The number of hydrogen-bond acceptors (Lipinski definition) is 5. The molecule has 0 aromatic heterocycles. The highest BCUT2D eigenvalue weighted by molar-refractivity contribution is 5.46. The van der Waals surface area contributed by atoms with Crippen molar-refractivity contribution in [3.8, 4) is 11.5 Å². The van der Waals surface area contributed by atoms with Gasteiger partial charge in [0.15, 0.2) is 5.60 Å². The Kier molecular flexibility index (Phi) is 5.48. The van der Waals surface area contributed by atoms with Crippen LogP contribution in [-0.2, 0) is 12.8 Å². The molecule has 1 aliphatic carbocycles. The van der Waals surface area contributed by atoms with Crippen LogP contribution in [0.5, 0.6) is 11.5 Å². The SMILES string of the molecule is Cc1cc(CC2=CC=C(O)C(O)(Cc3cc(C)c(O)c(C)c3)C2O)cc(C)c1O. The summed E-state index contributed by atoms with van der Waals surface area (Å²) in [5, 5.41) is 52.5. The molecule has 2 aromatic rings. The van der Waals surface area contributed by atoms with Crippen molar-refractivity contribution in [1.29, 1.82) is 0 Å². The van der Waals surface area contributed by atoms with E-state index in [-0.39, 0.29) is 23.7 Å². The second-order valence-electron chi connectivity index (χ2n) is 8.13. The Morgan fingerprint density at radius 2 is 1.21 bits per heavy atom. The van der Waals surface area contributed by atoms with Crippen molar-refractivity contribution < 1.29 is 25.5 Å². The molecule has 5 heteroatoms. The summed E-state index contributed by atoms with van der Waals surface area (Å²) in [5.41, 5.74) is 3.15. The van der Waals surface area contributed by atoms with E-state index in [1.807, 2.05) is 26.0 Å². The van der Waals surface area contributed by atoms with E-state index in [9.17, 15) is 25.5 Å². The van der Waals surface area contributed by atoms with E-state index in [1.165, 1.54) is 6.08 Å². The van der Waals surface area contributed by atoms with Crippen LogP contribution < -0.4 is 0 Å². The van der Waals surface area contributed by atoms with Crippen LogP contribution in [-0.4, -0.2) is 37.2 Å². The second kappa shape index (κ2) is 7.58. The minimum atomic E-state index is -1.86. The Morgan fingerprint density at radius 1 is 0.759 bits per heavy atom. The third kappa shape index (κ3) is 3.88. The van der Waals surface area contributed by atoms with Gasteiger partial charge in [0.25, 0.3) is 0 Å². The number of aliphatic hydroxyl groups excluding tert-OH is 2. The summed E-state index contributed by atoms with van der Waals surface area (Å²) in [6, 6.07) is 7.18. The molecule has 5 N–H and O–H groups in total. The zero-order valence-electron chi connectivity index (χ0n) is 17.2. The zero-order chi connectivity index (χ0) is 21.5. The maximum atomic E-state index is 11.2. The lowest BCUT2D eigenvalue weighted by atomic mass is 9.78. The predicted octanol–water partition coefficient (Wildman–Crippen LogP) is 3.59. The van der Waals surface area contributed by atoms with Gasteiger partial charge in [-0.15, -0.1) is 0 Å². The number of phenols is 2. The summed E-state index contributed by atoms with van der Waals surface area (Å²) >= 11 is 0. The fraction of sp³-hybridized carbons (Fsp3) is 0.333. The smallest absolute Gasteiger partial charge is 0.155 e. The summed E-state index contributed by atoms with van der Waals surface area (Å²) in [6.07, 6.45) is 2.13. The molecule has 2 unspecified atom stereocenters. The number of rotatable bonds is 4. The van der Waals surface area contributed by atoms with Crippen molar-refractivity contribution in [2.75, 3.05) is 0 Å². The predicted molar refractivity (Wildman–Crippen MR) is 112 cm³/mol. The van der Waals surface area contributed by atoms with Gasteiger partial charge in [-0.2, -0.15) is 0 Å². The van der Waals surface area contributed by atoms with Crippen LogP contribution in [0.15, 0.2) is 47.7 Å². The molecule has 0 fully saturated rings. The molecule has 1 aliphatic rings. The van der Waals surface area contributed by atoms with E-state index >= 15 is 0 Å². The van der Waals surface area contributed by atoms with Crippen LogP contribution in [0.2, 0.25) is 0 Å². The molecule has 2 aromatic carbocycles. The second-order valence-corrected chi connectivity index (χ2v) is 8.13. The third-order valence-corrected chi connectivity index (χ3v) is 5.69. The molecule has 0 radical (unpaired) electrons. The van der Waals surface area contributed by atoms with Gasteiger partial charge in [-0.05, 0) is 79.1 Å². The average Bonchev–Trinajstić information content (AvgIpc) is 2.65. The minimum absolute atomic E-state index is 0.00341. The van der Waals surface area contributed by atoms with Gasteiger partial charge in [-0.1, -0.05) is 30.3 Å². The van der Waals surface area contributed by atoms with Crippen molar-refractivity contribution in [3.05, 3.63) is 81.1 Å². The summed E-state index contributed by atoms with van der Waals surface area (Å²) in [7, 11) is 0. The number of aryl methyl sites for hydroxylation is 4. The highest BCUT2D eigenvalue weighted by atomic mass is 16.4. The lowest BCUT2D eigenvalue weighted by Crippen LogP contribution is -2.49. The largest absolute Gasteiger partial charge is 0.509 e. The van der Waals surface area contributed by atoms with Crippen LogP contribution >= 0.6 is 0 Å². The normalized spacial score (nSPS) is 21.7. The molecule has 0 saturated heterocycles. The van der Waals surface area contributed by atoms with Crippen LogP contribution in [0.25, 0.3) is 0 Å². The van der Waals surface area contributed by atoms with E-state index in [2.05, 4.69) is 0 Å². The van der Waals surface area contributed by atoms with Crippen LogP contribution in [0.1, 0.15) is 33.4 Å². The van der Waals surface area contributed by atoms with Gasteiger partial charge in [0.2, 0.25) is 0 Å². The average molecular weight is 396 g/mol. The number of allylic oxidation sites excluding steroid dienone is 2. The molecule has 29 heavy (non-hydrogen) atoms. The first kappa shape index (κ1) is 21.0. The van der Waals surface area contributed by atoms with Gasteiger partial charge in [0.05, 0.1) is 0 Å². The van der Waals surface area contributed by atoms with Gasteiger partial charge < -0.3 is 25.5 Å². The van der Waals surface area contributed by atoms with Crippen molar-refractivity contribution >= 4 is 0 Å². The summed E-state index contributed by atoms with van der Waals surface area (Å²) in [6.45, 7) is 7.16. The molecule has 0 saturated carbocycles. The van der Waals surface area contributed by atoms with Crippen LogP contribution in [0.3, 0.4) is 0 Å². The Balaban J connectivity index is 1.90. The Labute approximate surface area is 170 Å².